The van der Waals surface area contributed by atoms with Crippen LogP contribution in [0, 0.1) is 5.82 Å². The Hall–Kier alpha value is -1.62. The first kappa shape index (κ1) is 12.8. The second-order valence-electron chi connectivity index (χ2n) is 3.80. The molecule has 0 atom stereocenters. The molecule has 1 heterocycles. The second-order valence-corrected chi connectivity index (χ2v) is 4.66. The summed E-state index contributed by atoms with van der Waals surface area (Å²) in [6, 6.07) is 7.87. The van der Waals surface area contributed by atoms with Crippen LogP contribution in [0.1, 0.15) is 10.4 Å². The molecule has 5 heteroatoms. The molecule has 0 aliphatic rings. The van der Waals surface area contributed by atoms with Crippen LogP contribution in [0.15, 0.2) is 47.2 Å². The van der Waals surface area contributed by atoms with Gasteiger partial charge in [0, 0.05) is 30.0 Å². The lowest BCUT2D eigenvalue weighted by molar-refractivity contribution is 0.0951. The van der Waals surface area contributed by atoms with Crippen molar-refractivity contribution in [3.05, 3.63) is 58.6 Å². The van der Waals surface area contributed by atoms with Crippen molar-refractivity contribution >= 4 is 21.8 Å². The van der Waals surface area contributed by atoms with Gasteiger partial charge in [0.05, 0.1) is 5.56 Å². The Balaban J connectivity index is 1.91. The fourth-order valence-electron chi connectivity index (χ4n) is 1.59. The molecular formula is C13H12BrFN2O. The number of rotatable bonds is 4. The number of hydrogen-bond donors (Lipinski definition) is 1. The number of amides is 1. The monoisotopic (exact) mass is 310 g/mol. The highest BCUT2D eigenvalue weighted by molar-refractivity contribution is 9.10. The minimum absolute atomic E-state index is 0.214. The summed E-state index contributed by atoms with van der Waals surface area (Å²) >= 11 is 3.17. The summed E-state index contributed by atoms with van der Waals surface area (Å²) in [6.07, 6.45) is 3.86. The summed E-state index contributed by atoms with van der Waals surface area (Å²) in [6.45, 7) is 1.23. The molecule has 3 nitrogen and oxygen atoms in total. The summed E-state index contributed by atoms with van der Waals surface area (Å²) in [5, 5.41) is 2.79. The summed E-state index contributed by atoms with van der Waals surface area (Å²) < 4.78 is 15.3. The van der Waals surface area contributed by atoms with E-state index in [-0.39, 0.29) is 11.7 Å². The number of carbonyl (C=O) groups excluding carboxylic acids is 1. The Morgan fingerprint density at radius 2 is 2.06 bits per heavy atom. The maximum atomic E-state index is 12.9. The first-order chi connectivity index (χ1) is 8.66. The van der Waals surface area contributed by atoms with Gasteiger partial charge in [0.25, 0.3) is 5.91 Å². The molecule has 1 amide bonds. The van der Waals surface area contributed by atoms with Crippen molar-refractivity contribution in [3.8, 4) is 0 Å². The summed E-state index contributed by atoms with van der Waals surface area (Å²) in [7, 11) is 0. The third kappa shape index (κ3) is 3.20. The first-order valence-corrected chi connectivity index (χ1v) is 6.30. The van der Waals surface area contributed by atoms with E-state index >= 15 is 0 Å². The van der Waals surface area contributed by atoms with Crippen molar-refractivity contribution in [3.63, 3.8) is 0 Å². The number of nitrogens with one attached hydrogen (secondary N) is 1. The van der Waals surface area contributed by atoms with Crippen LogP contribution in [0.3, 0.4) is 0 Å². The molecule has 0 saturated carbocycles. The Bertz CT molecular complexity index is 540. The lowest BCUT2D eigenvalue weighted by Gasteiger charge is -2.07. The molecule has 0 spiro atoms. The minimum atomic E-state index is -0.370. The predicted octanol–water partition coefficient (Wildman–Crippen LogP) is 2.82. The number of aromatic nitrogens is 1. The first-order valence-electron chi connectivity index (χ1n) is 5.51. The van der Waals surface area contributed by atoms with Crippen LogP contribution in [0.5, 0.6) is 0 Å². The van der Waals surface area contributed by atoms with E-state index in [2.05, 4.69) is 21.2 Å². The highest BCUT2D eigenvalue weighted by Gasteiger charge is 2.09. The minimum Gasteiger partial charge on any atom is -0.353 e. The Kier molecular flexibility index (Phi) is 4.15. The summed E-state index contributed by atoms with van der Waals surface area (Å²) in [5.41, 5.74) is 0.434. The van der Waals surface area contributed by atoms with Gasteiger partial charge in [0.15, 0.2) is 0 Å². The van der Waals surface area contributed by atoms with E-state index in [1.165, 1.54) is 18.2 Å². The molecule has 1 aromatic carbocycles. The largest absolute Gasteiger partial charge is 0.353 e. The van der Waals surface area contributed by atoms with E-state index in [0.29, 0.717) is 23.1 Å². The third-order valence-electron chi connectivity index (χ3n) is 2.50. The second kappa shape index (κ2) is 5.82. The van der Waals surface area contributed by atoms with Gasteiger partial charge >= 0.3 is 0 Å². The number of halogens is 2. The summed E-state index contributed by atoms with van der Waals surface area (Å²) in [5.74, 6) is -0.584. The van der Waals surface area contributed by atoms with Crippen molar-refractivity contribution < 1.29 is 9.18 Å². The topological polar surface area (TPSA) is 34.0 Å². The van der Waals surface area contributed by atoms with E-state index in [1.54, 1.807) is 0 Å². The van der Waals surface area contributed by atoms with E-state index in [0.717, 1.165) is 0 Å². The SMILES string of the molecule is O=C(NCCn1cccc1)c1ccc(F)cc1Br. The molecule has 1 aromatic heterocycles. The number of carbonyl (C=O) groups is 1. The van der Waals surface area contributed by atoms with Gasteiger partial charge in [0.1, 0.15) is 5.82 Å². The van der Waals surface area contributed by atoms with E-state index in [9.17, 15) is 9.18 Å². The van der Waals surface area contributed by atoms with Crippen LogP contribution in [-0.4, -0.2) is 17.0 Å². The van der Waals surface area contributed by atoms with Gasteiger partial charge in [-0.2, -0.15) is 0 Å². The van der Waals surface area contributed by atoms with Crippen LogP contribution in [0.4, 0.5) is 4.39 Å². The lowest BCUT2D eigenvalue weighted by atomic mass is 10.2. The van der Waals surface area contributed by atoms with Crippen molar-refractivity contribution in [2.75, 3.05) is 6.54 Å². The van der Waals surface area contributed by atoms with E-state index in [1.807, 2.05) is 29.1 Å². The zero-order chi connectivity index (χ0) is 13.0. The molecule has 0 fully saturated rings. The molecule has 0 saturated heterocycles. The third-order valence-corrected chi connectivity index (χ3v) is 3.15. The Morgan fingerprint density at radius 1 is 1.33 bits per heavy atom. The average molecular weight is 311 g/mol. The van der Waals surface area contributed by atoms with E-state index < -0.39 is 0 Å². The number of nitrogens with zero attached hydrogens (tertiary/aromatic N) is 1. The molecule has 18 heavy (non-hydrogen) atoms. The highest BCUT2D eigenvalue weighted by atomic mass is 79.9. The zero-order valence-electron chi connectivity index (χ0n) is 9.57. The molecule has 0 aliphatic carbocycles. The average Bonchev–Trinajstić information content (AvgIpc) is 2.81. The van der Waals surface area contributed by atoms with Gasteiger partial charge in [-0.1, -0.05) is 0 Å². The normalized spacial score (nSPS) is 10.3. The van der Waals surface area contributed by atoms with Crippen molar-refractivity contribution in [2.24, 2.45) is 0 Å². The lowest BCUT2D eigenvalue weighted by Crippen LogP contribution is -2.27. The quantitative estimate of drug-likeness (QED) is 0.925. The molecule has 0 radical (unpaired) electrons. The Labute approximate surface area is 113 Å². The van der Waals surface area contributed by atoms with Gasteiger partial charge in [-0.15, -0.1) is 0 Å². The van der Waals surface area contributed by atoms with Crippen LogP contribution in [-0.2, 0) is 6.54 Å². The van der Waals surface area contributed by atoms with Crippen molar-refractivity contribution in [2.45, 2.75) is 6.54 Å². The smallest absolute Gasteiger partial charge is 0.252 e. The molecule has 0 aliphatic heterocycles. The molecule has 94 valence electrons. The fraction of sp³-hybridized carbons (Fsp3) is 0.154. The van der Waals surface area contributed by atoms with Crippen LogP contribution in [0.25, 0.3) is 0 Å². The standard InChI is InChI=1S/C13H12BrFN2O/c14-12-9-10(15)3-4-11(12)13(18)16-5-8-17-6-1-2-7-17/h1-4,6-7,9H,5,8H2,(H,16,18). The van der Waals surface area contributed by atoms with Crippen molar-refractivity contribution in [1.29, 1.82) is 0 Å². The number of benzene rings is 1. The van der Waals surface area contributed by atoms with E-state index in [4.69, 9.17) is 0 Å². The van der Waals surface area contributed by atoms with Crippen LogP contribution < -0.4 is 5.32 Å². The van der Waals surface area contributed by atoms with Crippen LogP contribution >= 0.6 is 15.9 Å². The maximum Gasteiger partial charge on any atom is 0.252 e. The van der Waals surface area contributed by atoms with Gasteiger partial charge < -0.3 is 9.88 Å². The molecule has 2 aromatic rings. The molecule has 0 unspecified atom stereocenters. The zero-order valence-corrected chi connectivity index (χ0v) is 11.2. The predicted molar refractivity (Wildman–Crippen MR) is 70.9 cm³/mol. The van der Waals surface area contributed by atoms with Gasteiger partial charge in [-0.25, -0.2) is 4.39 Å². The number of hydrogen-bond acceptors (Lipinski definition) is 1. The molecule has 2 rings (SSSR count). The van der Waals surface area contributed by atoms with Crippen LogP contribution in [0.2, 0.25) is 0 Å². The fourth-order valence-corrected chi connectivity index (χ4v) is 2.12. The molecular weight excluding hydrogens is 299 g/mol. The summed E-state index contributed by atoms with van der Waals surface area (Å²) in [4.78, 5) is 11.8. The van der Waals surface area contributed by atoms with Gasteiger partial charge in [0.2, 0.25) is 0 Å². The van der Waals surface area contributed by atoms with Gasteiger partial charge in [-0.3, -0.25) is 4.79 Å². The van der Waals surface area contributed by atoms with Crippen molar-refractivity contribution in [1.82, 2.24) is 9.88 Å². The molecule has 1 N–H and O–H groups in total. The molecule has 0 bridgehead atoms. The van der Waals surface area contributed by atoms with Gasteiger partial charge in [-0.05, 0) is 46.3 Å². The Morgan fingerprint density at radius 3 is 2.72 bits per heavy atom. The highest BCUT2D eigenvalue weighted by Crippen LogP contribution is 2.17. The maximum absolute atomic E-state index is 12.9.